The van der Waals surface area contributed by atoms with E-state index in [2.05, 4.69) is 10.1 Å². The third-order valence-electron chi connectivity index (χ3n) is 2.45. The van der Waals surface area contributed by atoms with Crippen molar-refractivity contribution in [3.8, 4) is 0 Å². The van der Waals surface area contributed by atoms with Crippen LogP contribution in [0.4, 0.5) is 0 Å². The molecule has 0 saturated carbocycles. The second-order valence-corrected chi connectivity index (χ2v) is 5.11. The number of amides is 1. The zero-order valence-electron chi connectivity index (χ0n) is 11.1. The van der Waals surface area contributed by atoms with Gasteiger partial charge in [0.05, 0.1) is 7.11 Å². The Bertz CT molecular complexity index is 395. The summed E-state index contributed by atoms with van der Waals surface area (Å²) in [5, 5.41) is 2.79. The van der Waals surface area contributed by atoms with Crippen molar-refractivity contribution in [1.29, 1.82) is 0 Å². The van der Waals surface area contributed by atoms with Crippen LogP contribution < -0.4 is 5.32 Å². The molecule has 0 unspecified atom stereocenters. The number of esters is 1. The highest BCUT2D eigenvalue weighted by molar-refractivity contribution is 7.99. The number of carbonyl (C=O) groups excluding carboxylic acids is 2. The quantitative estimate of drug-likeness (QED) is 0.451. The lowest BCUT2D eigenvalue weighted by atomic mass is 10.3. The average Bonchev–Trinajstić information content (AvgIpc) is 2.44. The first kappa shape index (κ1) is 15.6. The summed E-state index contributed by atoms with van der Waals surface area (Å²) in [6, 6.07) is 9.99. The highest BCUT2D eigenvalue weighted by atomic mass is 32.2. The van der Waals surface area contributed by atoms with Gasteiger partial charge in [0.2, 0.25) is 5.91 Å². The predicted molar refractivity (Wildman–Crippen MR) is 76.0 cm³/mol. The topological polar surface area (TPSA) is 55.4 Å². The van der Waals surface area contributed by atoms with Crippen LogP contribution in [0.15, 0.2) is 35.2 Å². The molecule has 104 valence electrons. The highest BCUT2D eigenvalue weighted by Crippen LogP contribution is 2.17. The van der Waals surface area contributed by atoms with Crippen molar-refractivity contribution in [2.45, 2.75) is 24.2 Å². The molecule has 0 aliphatic carbocycles. The van der Waals surface area contributed by atoms with Crippen LogP contribution in [0.25, 0.3) is 0 Å². The van der Waals surface area contributed by atoms with E-state index in [0.717, 1.165) is 5.75 Å². The maximum absolute atomic E-state index is 11.5. The van der Waals surface area contributed by atoms with Gasteiger partial charge in [0, 0.05) is 30.0 Å². The first-order valence-corrected chi connectivity index (χ1v) is 7.22. The second-order valence-electron chi connectivity index (χ2n) is 3.94. The molecule has 1 rings (SSSR count). The molecule has 0 aliphatic heterocycles. The predicted octanol–water partition coefficient (Wildman–Crippen LogP) is 2.24. The monoisotopic (exact) mass is 281 g/mol. The van der Waals surface area contributed by atoms with E-state index in [1.807, 2.05) is 30.3 Å². The van der Waals surface area contributed by atoms with E-state index < -0.39 is 0 Å². The van der Waals surface area contributed by atoms with Gasteiger partial charge in [0.15, 0.2) is 0 Å². The molecule has 4 nitrogen and oxygen atoms in total. The van der Waals surface area contributed by atoms with Crippen LogP contribution in [0.5, 0.6) is 0 Å². The molecule has 1 N–H and O–H groups in total. The minimum atomic E-state index is -0.242. The van der Waals surface area contributed by atoms with Crippen LogP contribution in [-0.2, 0) is 14.3 Å². The Morgan fingerprint density at radius 1 is 1.21 bits per heavy atom. The molecule has 0 aromatic heterocycles. The fourth-order valence-corrected chi connectivity index (χ4v) is 2.30. The van der Waals surface area contributed by atoms with Crippen LogP contribution in [-0.4, -0.2) is 31.3 Å². The Kier molecular flexibility index (Phi) is 7.74. The van der Waals surface area contributed by atoms with Crippen LogP contribution in [0, 0.1) is 0 Å². The number of ether oxygens (including phenoxy) is 1. The van der Waals surface area contributed by atoms with Crippen molar-refractivity contribution in [3.05, 3.63) is 30.3 Å². The van der Waals surface area contributed by atoms with E-state index in [9.17, 15) is 9.59 Å². The molecule has 0 saturated heterocycles. The standard InChI is InChI=1S/C14H19NO3S/c1-18-14(17)8-5-10-15-13(16)9-11-19-12-6-3-2-4-7-12/h2-4,6-7H,5,8-11H2,1H3,(H,15,16). The molecule has 0 heterocycles. The smallest absolute Gasteiger partial charge is 0.305 e. The van der Waals surface area contributed by atoms with Crippen molar-refractivity contribution in [2.75, 3.05) is 19.4 Å². The number of thioether (sulfide) groups is 1. The molecule has 19 heavy (non-hydrogen) atoms. The molecule has 0 fully saturated rings. The van der Waals surface area contributed by atoms with Gasteiger partial charge in [-0.2, -0.15) is 0 Å². The Morgan fingerprint density at radius 2 is 1.95 bits per heavy atom. The summed E-state index contributed by atoms with van der Waals surface area (Å²) in [7, 11) is 1.36. The zero-order valence-corrected chi connectivity index (χ0v) is 11.9. The van der Waals surface area contributed by atoms with Crippen molar-refractivity contribution in [2.24, 2.45) is 0 Å². The first-order valence-electron chi connectivity index (χ1n) is 6.23. The summed E-state index contributed by atoms with van der Waals surface area (Å²) in [6.07, 6.45) is 1.44. The lowest BCUT2D eigenvalue weighted by Gasteiger charge is -2.04. The molecule has 0 radical (unpaired) electrons. The van der Waals surface area contributed by atoms with Gasteiger partial charge in [0.25, 0.3) is 0 Å². The zero-order chi connectivity index (χ0) is 13.9. The third kappa shape index (κ3) is 7.51. The van der Waals surface area contributed by atoms with Crippen molar-refractivity contribution in [3.63, 3.8) is 0 Å². The second kappa shape index (κ2) is 9.44. The summed E-state index contributed by atoms with van der Waals surface area (Å²) >= 11 is 1.66. The maximum Gasteiger partial charge on any atom is 0.305 e. The maximum atomic E-state index is 11.5. The van der Waals surface area contributed by atoms with Gasteiger partial charge in [-0.3, -0.25) is 9.59 Å². The average molecular weight is 281 g/mol. The molecule has 5 heteroatoms. The van der Waals surface area contributed by atoms with E-state index in [1.54, 1.807) is 11.8 Å². The van der Waals surface area contributed by atoms with Gasteiger partial charge < -0.3 is 10.1 Å². The van der Waals surface area contributed by atoms with Crippen molar-refractivity contribution < 1.29 is 14.3 Å². The number of hydrogen-bond donors (Lipinski definition) is 1. The molecule has 0 aliphatic rings. The Hall–Kier alpha value is -1.49. The molecule has 1 aromatic carbocycles. The van der Waals surface area contributed by atoms with Crippen LogP contribution >= 0.6 is 11.8 Å². The number of rotatable bonds is 8. The Morgan fingerprint density at radius 3 is 2.63 bits per heavy atom. The molecule has 0 bridgehead atoms. The fraction of sp³-hybridized carbons (Fsp3) is 0.429. The first-order chi connectivity index (χ1) is 9.22. The van der Waals surface area contributed by atoms with Gasteiger partial charge in [0.1, 0.15) is 0 Å². The van der Waals surface area contributed by atoms with Crippen LogP contribution in [0.2, 0.25) is 0 Å². The Balaban J connectivity index is 2.04. The summed E-state index contributed by atoms with van der Waals surface area (Å²) in [4.78, 5) is 23.5. The molecular weight excluding hydrogens is 262 g/mol. The van der Waals surface area contributed by atoms with Crippen molar-refractivity contribution in [1.82, 2.24) is 5.32 Å². The van der Waals surface area contributed by atoms with E-state index in [1.165, 1.54) is 12.0 Å². The van der Waals surface area contributed by atoms with Gasteiger partial charge in [-0.05, 0) is 18.6 Å². The molecule has 1 aromatic rings. The van der Waals surface area contributed by atoms with E-state index in [-0.39, 0.29) is 11.9 Å². The van der Waals surface area contributed by atoms with Crippen LogP contribution in [0.1, 0.15) is 19.3 Å². The molecular formula is C14H19NO3S. The summed E-state index contributed by atoms with van der Waals surface area (Å²) in [5.74, 6) is 0.537. The summed E-state index contributed by atoms with van der Waals surface area (Å²) < 4.78 is 4.52. The van der Waals surface area contributed by atoms with Gasteiger partial charge in [-0.25, -0.2) is 0 Å². The highest BCUT2D eigenvalue weighted by Gasteiger charge is 2.03. The van der Waals surface area contributed by atoms with E-state index >= 15 is 0 Å². The summed E-state index contributed by atoms with van der Waals surface area (Å²) in [6.45, 7) is 0.518. The van der Waals surface area contributed by atoms with Gasteiger partial charge >= 0.3 is 5.97 Å². The Labute approximate surface area is 117 Å². The number of hydrogen-bond acceptors (Lipinski definition) is 4. The van der Waals surface area contributed by atoms with E-state index in [0.29, 0.717) is 25.8 Å². The largest absolute Gasteiger partial charge is 0.469 e. The summed E-state index contributed by atoms with van der Waals surface area (Å²) in [5.41, 5.74) is 0. The lowest BCUT2D eigenvalue weighted by Crippen LogP contribution is -2.25. The van der Waals surface area contributed by atoms with Crippen molar-refractivity contribution >= 4 is 23.6 Å². The van der Waals surface area contributed by atoms with Gasteiger partial charge in [-0.15, -0.1) is 11.8 Å². The van der Waals surface area contributed by atoms with E-state index in [4.69, 9.17) is 0 Å². The number of nitrogens with one attached hydrogen (secondary N) is 1. The fourth-order valence-electron chi connectivity index (χ4n) is 1.43. The third-order valence-corrected chi connectivity index (χ3v) is 3.46. The SMILES string of the molecule is COC(=O)CCCNC(=O)CCSc1ccccc1. The minimum absolute atomic E-state index is 0.0216. The molecule has 0 spiro atoms. The lowest BCUT2D eigenvalue weighted by molar-refractivity contribution is -0.140. The number of benzene rings is 1. The number of methoxy groups -OCH3 is 1. The number of carbonyl (C=O) groups is 2. The molecule has 1 amide bonds. The molecule has 0 atom stereocenters. The van der Waals surface area contributed by atoms with Gasteiger partial charge in [-0.1, -0.05) is 18.2 Å². The van der Waals surface area contributed by atoms with Crippen LogP contribution in [0.3, 0.4) is 0 Å². The minimum Gasteiger partial charge on any atom is -0.469 e. The normalized spacial score (nSPS) is 9.95.